The highest BCUT2D eigenvalue weighted by molar-refractivity contribution is 7.10. The van der Waals surface area contributed by atoms with Gasteiger partial charge in [0.2, 0.25) is 0 Å². The fourth-order valence-corrected chi connectivity index (χ4v) is 2.94. The molecule has 0 unspecified atom stereocenters. The Morgan fingerprint density at radius 2 is 2.05 bits per heavy atom. The first-order valence-corrected chi connectivity index (χ1v) is 7.11. The van der Waals surface area contributed by atoms with E-state index in [1.807, 2.05) is 7.05 Å². The second-order valence-electron chi connectivity index (χ2n) is 4.63. The standard InChI is InChI=1S/C13H17N5S/c1-14-13-10(15-16-19-13)9-18-8-7-17(2)11-5-3-4-6-12(11)18/h3-6,14H,7-9H2,1-2H3. The molecule has 0 bridgehead atoms. The Labute approximate surface area is 117 Å². The molecular formula is C13H17N5S. The zero-order valence-corrected chi connectivity index (χ0v) is 11.9. The number of likely N-dealkylation sites (N-methyl/N-ethyl adjacent to an activating group) is 1. The number of benzene rings is 1. The third kappa shape index (κ3) is 2.23. The van der Waals surface area contributed by atoms with Crippen molar-refractivity contribution in [2.75, 3.05) is 42.3 Å². The lowest BCUT2D eigenvalue weighted by molar-refractivity contribution is 0.723. The van der Waals surface area contributed by atoms with Crippen molar-refractivity contribution in [1.29, 1.82) is 0 Å². The normalized spacial score (nSPS) is 14.4. The summed E-state index contributed by atoms with van der Waals surface area (Å²) in [6, 6.07) is 8.51. The number of hydrogen-bond acceptors (Lipinski definition) is 6. The maximum absolute atomic E-state index is 4.22. The van der Waals surface area contributed by atoms with Crippen LogP contribution in [0.3, 0.4) is 0 Å². The molecule has 1 aromatic heterocycles. The van der Waals surface area contributed by atoms with Crippen molar-refractivity contribution in [2.45, 2.75) is 6.54 Å². The van der Waals surface area contributed by atoms with Crippen LogP contribution >= 0.6 is 11.5 Å². The summed E-state index contributed by atoms with van der Waals surface area (Å²) in [5.41, 5.74) is 3.57. The van der Waals surface area contributed by atoms with Crippen LogP contribution in [0.4, 0.5) is 16.4 Å². The molecular weight excluding hydrogens is 258 g/mol. The first-order chi connectivity index (χ1) is 9.29. The summed E-state index contributed by atoms with van der Waals surface area (Å²) in [6.45, 7) is 2.84. The SMILES string of the molecule is CNc1snnc1CN1CCN(C)c2ccccc21. The van der Waals surface area contributed by atoms with E-state index < -0.39 is 0 Å². The molecule has 0 saturated carbocycles. The van der Waals surface area contributed by atoms with Gasteiger partial charge in [-0.15, -0.1) is 5.10 Å². The molecule has 0 spiro atoms. The fraction of sp³-hybridized carbons (Fsp3) is 0.385. The minimum atomic E-state index is 0.803. The molecule has 100 valence electrons. The number of para-hydroxylation sites is 2. The molecule has 1 N–H and O–H groups in total. The summed E-state index contributed by atoms with van der Waals surface area (Å²) in [4.78, 5) is 4.66. The van der Waals surface area contributed by atoms with Gasteiger partial charge in [-0.3, -0.25) is 0 Å². The molecule has 1 aromatic carbocycles. The van der Waals surface area contributed by atoms with E-state index in [1.54, 1.807) is 0 Å². The highest BCUT2D eigenvalue weighted by Gasteiger charge is 2.21. The first-order valence-electron chi connectivity index (χ1n) is 6.33. The summed E-state index contributed by atoms with van der Waals surface area (Å²) >= 11 is 1.41. The van der Waals surface area contributed by atoms with Crippen molar-refractivity contribution in [2.24, 2.45) is 0 Å². The smallest absolute Gasteiger partial charge is 0.134 e. The van der Waals surface area contributed by atoms with Crippen molar-refractivity contribution in [3.05, 3.63) is 30.0 Å². The number of nitrogens with zero attached hydrogens (tertiary/aromatic N) is 4. The van der Waals surface area contributed by atoms with Crippen molar-refractivity contribution < 1.29 is 0 Å². The average molecular weight is 275 g/mol. The Morgan fingerprint density at radius 1 is 1.26 bits per heavy atom. The van der Waals surface area contributed by atoms with E-state index in [4.69, 9.17) is 0 Å². The summed E-state index contributed by atoms with van der Waals surface area (Å²) in [6.07, 6.45) is 0. The molecule has 0 amide bonds. The molecule has 2 aromatic rings. The van der Waals surface area contributed by atoms with Crippen molar-refractivity contribution in [3.63, 3.8) is 0 Å². The Bertz CT molecular complexity index is 568. The molecule has 1 aliphatic heterocycles. The summed E-state index contributed by atoms with van der Waals surface area (Å²) in [7, 11) is 4.05. The van der Waals surface area contributed by atoms with Gasteiger partial charge in [0.05, 0.1) is 17.9 Å². The van der Waals surface area contributed by atoms with Crippen LogP contribution in [-0.4, -0.2) is 36.8 Å². The quantitative estimate of drug-likeness (QED) is 0.928. The zero-order valence-electron chi connectivity index (χ0n) is 11.1. The first kappa shape index (κ1) is 12.2. The molecule has 3 rings (SSSR count). The van der Waals surface area contributed by atoms with Gasteiger partial charge >= 0.3 is 0 Å². The third-order valence-electron chi connectivity index (χ3n) is 3.46. The monoisotopic (exact) mass is 275 g/mol. The van der Waals surface area contributed by atoms with Gasteiger partial charge in [0.1, 0.15) is 10.7 Å². The van der Waals surface area contributed by atoms with Gasteiger partial charge in [-0.25, -0.2) is 0 Å². The summed E-state index contributed by atoms with van der Waals surface area (Å²) in [5, 5.41) is 8.43. The van der Waals surface area contributed by atoms with Crippen LogP contribution in [0.15, 0.2) is 24.3 Å². The fourth-order valence-electron chi connectivity index (χ4n) is 2.41. The summed E-state index contributed by atoms with van der Waals surface area (Å²) < 4.78 is 4.02. The van der Waals surface area contributed by atoms with Gasteiger partial charge in [0, 0.05) is 38.7 Å². The largest absolute Gasteiger partial charge is 0.377 e. The molecule has 0 saturated heterocycles. The number of fused-ring (bicyclic) bond motifs is 1. The molecule has 0 atom stereocenters. The number of anilines is 3. The van der Waals surface area contributed by atoms with Crippen LogP contribution < -0.4 is 15.1 Å². The van der Waals surface area contributed by atoms with Crippen molar-refractivity contribution in [3.8, 4) is 0 Å². The van der Waals surface area contributed by atoms with Gasteiger partial charge in [-0.05, 0) is 12.1 Å². The van der Waals surface area contributed by atoms with E-state index >= 15 is 0 Å². The molecule has 1 aliphatic rings. The van der Waals surface area contributed by atoms with Gasteiger partial charge in [-0.1, -0.05) is 16.6 Å². The van der Waals surface area contributed by atoms with E-state index in [0.29, 0.717) is 0 Å². The lowest BCUT2D eigenvalue weighted by atomic mass is 10.1. The van der Waals surface area contributed by atoms with Crippen molar-refractivity contribution >= 4 is 27.9 Å². The molecule has 0 fully saturated rings. The van der Waals surface area contributed by atoms with Gasteiger partial charge in [0.15, 0.2) is 0 Å². The number of hydrogen-bond donors (Lipinski definition) is 1. The Balaban J connectivity index is 1.89. The predicted molar refractivity (Wildman–Crippen MR) is 80.2 cm³/mol. The highest BCUT2D eigenvalue weighted by Crippen LogP contribution is 2.33. The molecule has 19 heavy (non-hydrogen) atoms. The van der Waals surface area contributed by atoms with Crippen molar-refractivity contribution in [1.82, 2.24) is 9.59 Å². The van der Waals surface area contributed by atoms with E-state index in [-0.39, 0.29) is 0 Å². The van der Waals surface area contributed by atoms with Gasteiger partial charge < -0.3 is 15.1 Å². The predicted octanol–water partition coefficient (Wildman–Crippen LogP) is 2.04. The van der Waals surface area contributed by atoms with Crippen LogP contribution in [0, 0.1) is 0 Å². The minimum Gasteiger partial charge on any atom is -0.377 e. The minimum absolute atomic E-state index is 0.803. The maximum Gasteiger partial charge on any atom is 0.134 e. The van der Waals surface area contributed by atoms with E-state index in [1.165, 1.54) is 22.9 Å². The van der Waals surface area contributed by atoms with E-state index in [9.17, 15) is 0 Å². The second kappa shape index (κ2) is 5.05. The zero-order chi connectivity index (χ0) is 13.2. The summed E-state index contributed by atoms with van der Waals surface area (Å²) in [5.74, 6) is 0. The van der Waals surface area contributed by atoms with Crippen LogP contribution in [-0.2, 0) is 6.54 Å². The lowest BCUT2D eigenvalue weighted by Crippen LogP contribution is -2.38. The Hall–Kier alpha value is -1.82. The maximum atomic E-state index is 4.22. The topological polar surface area (TPSA) is 44.3 Å². The van der Waals surface area contributed by atoms with E-state index in [0.717, 1.165) is 30.3 Å². The third-order valence-corrected chi connectivity index (χ3v) is 4.25. The number of rotatable bonds is 3. The second-order valence-corrected chi connectivity index (χ2v) is 5.38. The van der Waals surface area contributed by atoms with Crippen LogP contribution in [0.2, 0.25) is 0 Å². The van der Waals surface area contributed by atoms with Crippen LogP contribution in [0.1, 0.15) is 5.69 Å². The number of aromatic nitrogens is 2. The van der Waals surface area contributed by atoms with E-state index in [2.05, 4.69) is 56.0 Å². The number of nitrogens with one attached hydrogen (secondary N) is 1. The lowest BCUT2D eigenvalue weighted by Gasteiger charge is -2.36. The highest BCUT2D eigenvalue weighted by atomic mass is 32.1. The average Bonchev–Trinajstić information content (AvgIpc) is 2.89. The van der Waals surface area contributed by atoms with Crippen LogP contribution in [0.5, 0.6) is 0 Å². The van der Waals surface area contributed by atoms with Crippen LogP contribution in [0.25, 0.3) is 0 Å². The Kier molecular flexibility index (Phi) is 3.25. The molecule has 0 aliphatic carbocycles. The molecule has 0 radical (unpaired) electrons. The molecule has 5 nitrogen and oxygen atoms in total. The Morgan fingerprint density at radius 3 is 2.84 bits per heavy atom. The molecule has 2 heterocycles. The van der Waals surface area contributed by atoms with Gasteiger partial charge in [0.25, 0.3) is 0 Å². The molecule has 6 heteroatoms. The van der Waals surface area contributed by atoms with Gasteiger partial charge in [-0.2, -0.15) is 0 Å².